The molecule has 0 aromatic heterocycles. The topological polar surface area (TPSA) is 126 Å². The molecule has 8 nitrogen and oxygen atoms in total. The fourth-order valence-corrected chi connectivity index (χ4v) is 1.06. The van der Waals surface area contributed by atoms with Crippen molar-refractivity contribution in [3.8, 4) is 0 Å². The minimum atomic E-state index is -1.44. The van der Waals surface area contributed by atoms with Crippen molar-refractivity contribution in [1.29, 1.82) is 0 Å². The lowest BCUT2D eigenvalue weighted by Crippen LogP contribution is -2.33. The predicted octanol–water partition coefficient (Wildman–Crippen LogP) is -1.64. The van der Waals surface area contributed by atoms with Crippen LogP contribution in [0.1, 0.15) is 6.92 Å². The summed E-state index contributed by atoms with van der Waals surface area (Å²) in [5.74, 6) is -2.36. The number of esters is 1. The van der Waals surface area contributed by atoms with Gasteiger partial charge in [-0.25, -0.2) is 4.79 Å². The summed E-state index contributed by atoms with van der Waals surface area (Å²) in [6.45, 7) is 0.455. The molecule has 1 rings (SSSR count). The van der Waals surface area contributed by atoms with Gasteiger partial charge in [0.25, 0.3) is 0 Å². The van der Waals surface area contributed by atoms with E-state index >= 15 is 0 Å². The third-order valence-corrected chi connectivity index (χ3v) is 2.01. The summed E-state index contributed by atoms with van der Waals surface area (Å²) in [4.78, 5) is 20.3. The van der Waals surface area contributed by atoms with E-state index in [2.05, 4.69) is 14.5 Å². The third kappa shape index (κ3) is 3.07. The molecule has 1 aliphatic heterocycles. The van der Waals surface area contributed by atoms with Crippen LogP contribution in [-0.4, -0.2) is 57.9 Å². The molecule has 0 fully saturated rings. The fourth-order valence-electron chi connectivity index (χ4n) is 1.06. The average molecular weight is 250 g/mol. The lowest BCUT2D eigenvalue weighted by Gasteiger charge is -2.18. The first-order valence-electron chi connectivity index (χ1n) is 4.88. The van der Waals surface area contributed by atoms with E-state index < -0.39 is 42.4 Å². The summed E-state index contributed by atoms with van der Waals surface area (Å²) in [7, 11) is 0. The van der Waals surface area contributed by atoms with E-state index in [1.807, 2.05) is 0 Å². The molecule has 4 N–H and O–H groups in total. The van der Waals surface area contributed by atoms with Crippen molar-refractivity contribution in [1.82, 2.24) is 0 Å². The van der Waals surface area contributed by atoms with Crippen LogP contribution in [0.4, 0.5) is 0 Å². The molecule has 0 radical (unpaired) electrons. The Kier molecular flexibility index (Phi) is 4.70. The van der Waals surface area contributed by atoms with Crippen molar-refractivity contribution < 1.29 is 39.7 Å². The largest absolute Gasteiger partial charge is 0.499 e. The maximum atomic E-state index is 11.0. The molecule has 0 spiro atoms. The normalized spacial score (nSPS) is 23.5. The monoisotopic (exact) mass is 250 g/mol. The van der Waals surface area contributed by atoms with Gasteiger partial charge in [0.05, 0.1) is 13.2 Å². The number of aliphatic hydroxyl groups is 4. The summed E-state index contributed by atoms with van der Waals surface area (Å²) < 4.78 is 4.56. The summed E-state index contributed by atoms with van der Waals surface area (Å²) in [5, 5.41) is 36.0. The Labute approximate surface area is 96.6 Å². The summed E-state index contributed by atoms with van der Waals surface area (Å²) in [6.07, 6.45) is -3.47. The van der Waals surface area contributed by atoms with E-state index in [-0.39, 0.29) is 6.61 Å². The predicted molar refractivity (Wildman–Crippen MR) is 51.3 cm³/mol. The van der Waals surface area contributed by atoms with Gasteiger partial charge < -0.3 is 30.1 Å². The van der Waals surface area contributed by atoms with Crippen LogP contribution in [0.3, 0.4) is 0 Å². The lowest BCUT2D eigenvalue weighted by atomic mass is 10.2. The number of hydrogen-bond acceptors (Lipinski definition) is 8. The summed E-state index contributed by atoms with van der Waals surface area (Å²) in [6, 6.07) is 0. The molecule has 98 valence electrons. The molecular weight excluding hydrogens is 236 g/mol. The highest BCUT2D eigenvalue weighted by molar-refractivity contribution is 5.89. The van der Waals surface area contributed by atoms with Crippen LogP contribution in [0.2, 0.25) is 0 Å². The fraction of sp³-hybridized carbons (Fsp3) is 0.667. The molecular formula is C9H14O8. The Bertz CT molecular complexity index is 312. The van der Waals surface area contributed by atoms with Gasteiger partial charge in [-0.2, -0.15) is 4.89 Å². The first-order chi connectivity index (χ1) is 8.01. The Balaban J connectivity index is 2.72. The molecule has 0 bridgehead atoms. The van der Waals surface area contributed by atoms with Crippen LogP contribution in [0, 0.1) is 0 Å². The van der Waals surface area contributed by atoms with E-state index in [0.717, 1.165) is 0 Å². The summed E-state index contributed by atoms with van der Waals surface area (Å²) in [5.41, 5.74) is 0. The van der Waals surface area contributed by atoms with Gasteiger partial charge in [0.2, 0.25) is 11.5 Å². The maximum absolute atomic E-state index is 11.0. The first-order valence-corrected chi connectivity index (χ1v) is 4.88. The van der Waals surface area contributed by atoms with Crippen molar-refractivity contribution in [2.45, 2.75) is 25.2 Å². The van der Waals surface area contributed by atoms with Crippen LogP contribution in [0.25, 0.3) is 0 Å². The van der Waals surface area contributed by atoms with Gasteiger partial charge >= 0.3 is 5.97 Å². The van der Waals surface area contributed by atoms with Gasteiger partial charge in [-0.05, 0) is 6.92 Å². The van der Waals surface area contributed by atoms with Crippen molar-refractivity contribution >= 4 is 5.97 Å². The molecule has 3 atom stereocenters. The smallest absolute Gasteiger partial charge is 0.378 e. The molecule has 1 unspecified atom stereocenters. The number of carbonyl (C=O) groups excluding carboxylic acids is 1. The molecule has 0 saturated heterocycles. The highest BCUT2D eigenvalue weighted by Crippen LogP contribution is 2.25. The zero-order valence-corrected chi connectivity index (χ0v) is 9.07. The Hall–Kier alpha value is -1.35. The maximum Gasteiger partial charge on any atom is 0.378 e. The number of cyclic esters (lactones) is 1. The molecule has 17 heavy (non-hydrogen) atoms. The molecule has 0 amide bonds. The van der Waals surface area contributed by atoms with Gasteiger partial charge in [-0.3, -0.25) is 0 Å². The Morgan fingerprint density at radius 3 is 2.59 bits per heavy atom. The molecule has 1 heterocycles. The van der Waals surface area contributed by atoms with Gasteiger partial charge in [-0.1, -0.05) is 0 Å². The number of carbonyl (C=O) groups is 1. The van der Waals surface area contributed by atoms with Crippen LogP contribution in [-0.2, 0) is 19.3 Å². The van der Waals surface area contributed by atoms with E-state index in [0.29, 0.717) is 0 Å². The Morgan fingerprint density at radius 1 is 1.41 bits per heavy atom. The zero-order valence-electron chi connectivity index (χ0n) is 9.07. The molecule has 0 aromatic carbocycles. The van der Waals surface area contributed by atoms with Crippen LogP contribution >= 0.6 is 0 Å². The second-order valence-electron chi connectivity index (χ2n) is 3.46. The quantitative estimate of drug-likeness (QED) is 0.251. The third-order valence-electron chi connectivity index (χ3n) is 2.01. The number of hydrogen-bond donors (Lipinski definition) is 4. The van der Waals surface area contributed by atoms with Gasteiger partial charge in [0.1, 0.15) is 12.2 Å². The van der Waals surface area contributed by atoms with Crippen molar-refractivity contribution in [3.63, 3.8) is 0 Å². The van der Waals surface area contributed by atoms with E-state index in [1.54, 1.807) is 0 Å². The van der Waals surface area contributed by atoms with Gasteiger partial charge in [-0.15, -0.1) is 0 Å². The zero-order chi connectivity index (χ0) is 13.0. The second-order valence-corrected chi connectivity index (χ2v) is 3.46. The van der Waals surface area contributed by atoms with Crippen molar-refractivity contribution in [2.75, 3.05) is 13.2 Å². The van der Waals surface area contributed by atoms with Crippen LogP contribution in [0.15, 0.2) is 11.5 Å². The minimum absolute atomic E-state index is 0.337. The number of ether oxygens (including phenoxy) is 1. The standard InChI is InChI=1S/C9H14O8/c1-4(2-10)16-17-8-6(13)9(14)15-7(8)5(12)3-11/h4-5,7,10-13H,2-3H2,1H3/t4?,5-,7+/m0/s1. The van der Waals surface area contributed by atoms with E-state index in [9.17, 15) is 15.0 Å². The average Bonchev–Trinajstić information content (AvgIpc) is 2.62. The van der Waals surface area contributed by atoms with Crippen LogP contribution in [0.5, 0.6) is 0 Å². The highest BCUT2D eigenvalue weighted by atomic mass is 17.2. The van der Waals surface area contributed by atoms with E-state index in [1.165, 1.54) is 6.92 Å². The van der Waals surface area contributed by atoms with E-state index in [4.69, 9.17) is 10.2 Å². The molecule has 0 aliphatic carbocycles. The second kappa shape index (κ2) is 5.82. The van der Waals surface area contributed by atoms with Gasteiger partial charge in [0, 0.05) is 0 Å². The first kappa shape index (κ1) is 13.7. The number of rotatable bonds is 6. The van der Waals surface area contributed by atoms with Crippen LogP contribution < -0.4 is 0 Å². The van der Waals surface area contributed by atoms with Crippen molar-refractivity contribution in [2.24, 2.45) is 0 Å². The lowest BCUT2D eigenvalue weighted by molar-refractivity contribution is -0.305. The van der Waals surface area contributed by atoms with Crippen molar-refractivity contribution in [3.05, 3.63) is 11.5 Å². The Morgan fingerprint density at radius 2 is 2.06 bits per heavy atom. The minimum Gasteiger partial charge on any atom is -0.499 e. The molecule has 0 aromatic rings. The summed E-state index contributed by atoms with van der Waals surface area (Å²) >= 11 is 0. The SMILES string of the molecule is CC(CO)OOC1=C(O)C(=O)O[C@@H]1[C@@H](O)CO. The van der Waals surface area contributed by atoms with Gasteiger partial charge in [0.15, 0.2) is 6.10 Å². The molecule has 8 heteroatoms. The molecule has 1 aliphatic rings. The molecule has 0 saturated carbocycles. The number of aliphatic hydroxyl groups excluding tert-OH is 4. The highest BCUT2D eigenvalue weighted by Gasteiger charge is 2.41.